The van der Waals surface area contributed by atoms with E-state index in [-0.39, 0.29) is 6.04 Å². The smallest absolute Gasteiger partial charge is 0.0984 e. The van der Waals surface area contributed by atoms with Crippen LogP contribution in [0.4, 0.5) is 0 Å². The number of furan rings is 1. The molecule has 0 saturated carbocycles. The highest BCUT2D eigenvalue weighted by Crippen LogP contribution is 2.19. The molecule has 0 fully saturated rings. The molecule has 0 bridgehead atoms. The summed E-state index contributed by atoms with van der Waals surface area (Å²) in [6.07, 6.45) is 3.23. The van der Waals surface area contributed by atoms with Crippen LogP contribution in [-0.2, 0) is 0 Å². The molecule has 2 heterocycles. The second kappa shape index (κ2) is 3.65. The van der Waals surface area contributed by atoms with Gasteiger partial charge in [0, 0.05) is 10.9 Å². The van der Waals surface area contributed by atoms with E-state index < -0.39 is 0 Å². The Morgan fingerprint density at radius 1 is 1.62 bits per heavy atom. The van der Waals surface area contributed by atoms with Crippen LogP contribution in [0.3, 0.4) is 0 Å². The van der Waals surface area contributed by atoms with Crippen LogP contribution >= 0.6 is 11.5 Å². The summed E-state index contributed by atoms with van der Waals surface area (Å²) in [5, 5.41) is 5.77. The van der Waals surface area contributed by atoms with Crippen molar-refractivity contribution in [3.63, 3.8) is 0 Å². The molecule has 0 aliphatic rings. The van der Waals surface area contributed by atoms with E-state index in [0.717, 1.165) is 11.3 Å². The summed E-state index contributed by atoms with van der Waals surface area (Å²) in [7, 11) is 0. The van der Waals surface area contributed by atoms with Gasteiger partial charge in [0.1, 0.15) is 0 Å². The lowest BCUT2D eigenvalue weighted by Crippen LogP contribution is -2.28. The number of nitrogens with zero attached hydrogens (tertiary/aromatic N) is 2. The molecule has 6 heteroatoms. The topological polar surface area (TPSA) is 77.0 Å². The third kappa shape index (κ3) is 1.59. The third-order valence-electron chi connectivity index (χ3n) is 1.72. The molecule has 68 valence electrons. The zero-order chi connectivity index (χ0) is 9.10. The monoisotopic (exact) mass is 196 g/mol. The van der Waals surface area contributed by atoms with E-state index in [9.17, 15) is 0 Å². The quantitative estimate of drug-likeness (QED) is 0.557. The molecule has 0 radical (unpaired) electrons. The average molecular weight is 196 g/mol. The molecule has 0 saturated heterocycles. The van der Waals surface area contributed by atoms with Crippen LogP contribution in [0.5, 0.6) is 0 Å². The van der Waals surface area contributed by atoms with E-state index in [4.69, 9.17) is 10.3 Å². The first-order valence-electron chi connectivity index (χ1n) is 3.67. The second-order valence-electron chi connectivity index (χ2n) is 2.49. The number of hydrogen-bond donors (Lipinski definition) is 2. The molecule has 0 amide bonds. The standard InChI is InChI=1S/C7H8N4OS/c8-9-7(5-1-2-12-3-5)6-4-13-11-10-6/h1-4,7,9H,8H2. The number of nitrogens with two attached hydrogens (primary N) is 1. The Labute approximate surface area is 78.7 Å². The van der Waals surface area contributed by atoms with Gasteiger partial charge in [-0.1, -0.05) is 4.49 Å². The Hall–Kier alpha value is -1.24. The molecule has 3 N–H and O–H groups in total. The van der Waals surface area contributed by atoms with Gasteiger partial charge in [-0.05, 0) is 17.6 Å². The summed E-state index contributed by atoms with van der Waals surface area (Å²) >= 11 is 1.29. The van der Waals surface area contributed by atoms with Crippen LogP contribution in [0.1, 0.15) is 17.3 Å². The molecular formula is C7H8N4OS. The Bertz CT molecular complexity index is 310. The molecule has 1 unspecified atom stereocenters. The number of hydrogen-bond acceptors (Lipinski definition) is 6. The number of rotatable bonds is 3. The summed E-state index contributed by atoms with van der Waals surface area (Å²) in [6, 6.07) is 1.70. The molecule has 0 spiro atoms. The predicted molar refractivity (Wildman–Crippen MR) is 47.8 cm³/mol. The minimum atomic E-state index is -0.141. The Kier molecular flexibility index (Phi) is 2.35. The van der Waals surface area contributed by atoms with Gasteiger partial charge in [-0.3, -0.25) is 5.84 Å². The fraction of sp³-hybridized carbons (Fsp3) is 0.143. The van der Waals surface area contributed by atoms with Crippen molar-refractivity contribution in [1.82, 2.24) is 15.0 Å². The van der Waals surface area contributed by atoms with Crippen molar-refractivity contribution in [3.8, 4) is 0 Å². The maximum absolute atomic E-state index is 5.40. The highest BCUT2D eigenvalue weighted by Gasteiger charge is 2.15. The van der Waals surface area contributed by atoms with Crippen LogP contribution in [0.25, 0.3) is 0 Å². The van der Waals surface area contributed by atoms with Crippen LogP contribution in [-0.4, -0.2) is 9.59 Å². The zero-order valence-corrected chi connectivity index (χ0v) is 7.49. The lowest BCUT2D eigenvalue weighted by atomic mass is 10.1. The predicted octanol–water partition coefficient (Wildman–Crippen LogP) is 0.684. The van der Waals surface area contributed by atoms with Crippen LogP contribution in [0.15, 0.2) is 28.4 Å². The van der Waals surface area contributed by atoms with Gasteiger partial charge >= 0.3 is 0 Å². The highest BCUT2D eigenvalue weighted by molar-refractivity contribution is 7.03. The lowest BCUT2D eigenvalue weighted by molar-refractivity contribution is 0.550. The maximum Gasteiger partial charge on any atom is 0.0984 e. The zero-order valence-electron chi connectivity index (χ0n) is 6.68. The lowest BCUT2D eigenvalue weighted by Gasteiger charge is -2.09. The number of hydrazine groups is 1. The van der Waals surface area contributed by atoms with Crippen molar-refractivity contribution in [2.24, 2.45) is 5.84 Å². The second-order valence-corrected chi connectivity index (χ2v) is 3.10. The molecule has 2 rings (SSSR count). The SMILES string of the molecule is NNC(c1ccoc1)c1csnn1. The summed E-state index contributed by atoms with van der Waals surface area (Å²) in [5.41, 5.74) is 4.39. The first-order chi connectivity index (χ1) is 6.42. The summed E-state index contributed by atoms with van der Waals surface area (Å²) in [6.45, 7) is 0. The van der Waals surface area contributed by atoms with Gasteiger partial charge in [-0.15, -0.1) is 5.10 Å². The van der Waals surface area contributed by atoms with E-state index in [1.807, 2.05) is 11.4 Å². The van der Waals surface area contributed by atoms with Gasteiger partial charge < -0.3 is 4.42 Å². The van der Waals surface area contributed by atoms with Crippen molar-refractivity contribution in [2.45, 2.75) is 6.04 Å². The minimum absolute atomic E-state index is 0.141. The van der Waals surface area contributed by atoms with Crippen molar-refractivity contribution in [3.05, 3.63) is 35.2 Å². The van der Waals surface area contributed by atoms with Crippen molar-refractivity contribution in [2.75, 3.05) is 0 Å². The van der Waals surface area contributed by atoms with Gasteiger partial charge in [0.2, 0.25) is 0 Å². The minimum Gasteiger partial charge on any atom is -0.472 e. The fourth-order valence-corrected chi connectivity index (χ4v) is 1.57. The van der Waals surface area contributed by atoms with Gasteiger partial charge in [0.05, 0.1) is 24.3 Å². The highest BCUT2D eigenvalue weighted by atomic mass is 32.1. The van der Waals surface area contributed by atoms with E-state index in [0.29, 0.717) is 0 Å². The van der Waals surface area contributed by atoms with Crippen molar-refractivity contribution >= 4 is 11.5 Å². The molecule has 1 atom stereocenters. The van der Waals surface area contributed by atoms with Crippen LogP contribution in [0.2, 0.25) is 0 Å². The van der Waals surface area contributed by atoms with Gasteiger partial charge in [0.15, 0.2) is 0 Å². The molecular weight excluding hydrogens is 188 g/mol. The molecule has 0 aliphatic heterocycles. The fourth-order valence-electron chi connectivity index (χ4n) is 1.09. The van der Waals surface area contributed by atoms with E-state index in [2.05, 4.69) is 15.0 Å². The first-order valence-corrected chi connectivity index (χ1v) is 4.50. The molecule has 0 aromatic carbocycles. The molecule has 13 heavy (non-hydrogen) atoms. The molecule has 2 aromatic heterocycles. The van der Waals surface area contributed by atoms with Crippen molar-refractivity contribution in [1.29, 1.82) is 0 Å². The van der Waals surface area contributed by atoms with Gasteiger partial charge in [0.25, 0.3) is 0 Å². The molecule has 0 aliphatic carbocycles. The van der Waals surface area contributed by atoms with Gasteiger partial charge in [-0.25, -0.2) is 5.43 Å². The van der Waals surface area contributed by atoms with E-state index >= 15 is 0 Å². The summed E-state index contributed by atoms with van der Waals surface area (Å²) in [5.74, 6) is 5.40. The Morgan fingerprint density at radius 2 is 2.54 bits per heavy atom. The van der Waals surface area contributed by atoms with Crippen LogP contribution < -0.4 is 11.3 Å². The third-order valence-corrected chi connectivity index (χ3v) is 2.24. The average Bonchev–Trinajstić information content (AvgIpc) is 2.76. The summed E-state index contributed by atoms with van der Waals surface area (Å²) in [4.78, 5) is 0. The first kappa shape index (κ1) is 8.36. The van der Waals surface area contributed by atoms with Crippen molar-refractivity contribution < 1.29 is 4.42 Å². The Balaban J connectivity index is 2.29. The van der Waals surface area contributed by atoms with Gasteiger partial charge in [-0.2, -0.15) is 0 Å². The van der Waals surface area contributed by atoms with Crippen LogP contribution in [0, 0.1) is 0 Å². The number of nitrogens with one attached hydrogen (secondary N) is 1. The normalized spacial score (nSPS) is 13.0. The molecule has 2 aromatic rings. The largest absolute Gasteiger partial charge is 0.472 e. The molecule has 5 nitrogen and oxygen atoms in total. The maximum atomic E-state index is 5.40. The summed E-state index contributed by atoms with van der Waals surface area (Å²) < 4.78 is 8.72. The van der Waals surface area contributed by atoms with E-state index in [1.54, 1.807) is 12.5 Å². The number of aromatic nitrogens is 2. The Morgan fingerprint density at radius 3 is 3.08 bits per heavy atom. The van der Waals surface area contributed by atoms with E-state index in [1.165, 1.54) is 11.5 Å².